The van der Waals surface area contributed by atoms with Crippen molar-refractivity contribution in [2.24, 2.45) is 0 Å². The fraction of sp³-hybridized carbons (Fsp3) is 0.182. The summed E-state index contributed by atoms with van der Waals surface area (Å²) in [5, 5.41) is 0.601. The maximum atomic E-state index is 11.6. The second-order valence-corrected chi connectivity index (χ2v) is 4.20. The van der Waals surface area contributed by atoms with Gasteiger partial charge in [0.15, 0.2) is 5.78 Å². The molecule has 0 aromatic heterocycles. The van der Waals surface area contributed by atoms with E-state index in [1.807, 2.05) is 0 Å². The summed E-state index contributed by atoms with van der Waals surface area (Å²) in [6.07, 6.45) is 1.79. The van der Waals surface area contributed by atoms with E-state index in [1.165, 1.54) is 0 Å². The van der Waals surface area contributed by atoms with Gasteiger partial charge in [0, 0.05) is 16.3 Å². The quantitative estimate of drug-likeness (QED) is 0.435. The molecule has 0 N–H and O–H groups in total. The highest BCUT2D eigenvalue weighted by molar-refractivity contribution is 8.00. The zero-order valence-electron chi connectivity index (χ0n) is 7.70. The molecule has 1 nitrogen and oxygen atoms in total. The summed E-state index contributed by atoms with van der Waals surface area (Å²) in [6, 6.07) is 7.02. The van der Waals surface area contributed by atoms with E-state index in [9.17, 15) is 4.79 Å². The van der Waals surface area contributed by atoms with Crippen LogP contribution in [0.4, 0.5) is 0 Å². The van der Waals surface area contributed by atoms with Crippen molar-refractivity contribution in [1.29, 1.82) is 0 Å². The number of Topliss-reactive ketones (excluding diaryl/α,β-unsaturated/α-hetero) is 1. The molecule has 0 aliphatic heterocycles. The monoisotopic (exact) mass is 226 g/mol. The molecule has 0 aliphatic rings. The highest BCUT2D eigenvalue weighted by Crippen LogP contribution is 2.13. The Kier molecular flexibility index (Phi) is 4.77. The zero-order valence-corrected chi connectivity index (χ0v) is 9.27. The van der Waals surface area contributed by atoms with Gasteiger partial charge < -0.3 is 0 Å². The van der Waals surface area contributed by atoms with Crippen molar-refractivity contribution < 1.29 is 4.79 Å². The number of hydrogen-bond acceptors (Lipinski definition) is 2. The predicted octanol–water partition coefficient (Wildman–Crippen LogP) is 3.44. The minimum Gasteiger partial charge on any atom is -0.293 e. The predicted molar refractivity (Wildman–Crippen MR) is 63.3 cm³/mol. The highest BCUT2D eigenvalue weighted by Gasteiger charge is 2.04. The highest BCUT2D eigenvalue weighted by atomic mass is 35.5. The molecule has 0 radical (unpaired) electrons. The van der Waals surface area contributed by atoms with Crippen molar-refractivity contribution in [1.82, 2.24) is 0 Å². The van der Waals surface area contributed by atoms with Gasteiger partial charge in [0.25, 0.3) is 0 Å². The largest absolute Gasteiger partial charge is 0.293 e. The van der Waals surface area contributed by atoms with E-state index < -0.39 is 0 Å². The van der Waals surface area contributed by atoms with Crippen molar-refractivity contribution >= 4 is 29.1 Å². The average molecular weight is 227 g/mol. The number of ketones is 1. The Morgan fingerprint density at radius 1 is 1.57 bits per heavy atom. The SMILES string of the molecule is C=CCSCC(=O)c1cccc(Cl)c1. The Bertz CT molecular complexity index is 336. The molecule has 1 aromatic carbocycles. The molecule has 0 fully saturated rings. The Hall–Kier alpha value is -0.730. The van der Waals surface area contributed by atoms with E-state index in [-0.39, 0.29) is 5.78 Å². The number of carbonyl (C=O) groups excluding carboxylic acids is 1. The van der Waals surface area contributed by atoms with Crippen LogP contribution in [0.3, 0.4) is 0 Å². The van der Waals surface area contributed by atoms with Gasteiger partial charge in [-0.2, -0.15) is 0 Å². The smallest absolute Gasteiger partial charge is 0.172 e. The van der Waals surface area contributed by atoms with Crippen molar-refractivity contribution in [3.8, 4) is 0 Å². The number of carbonyl (C=O) groups is 1. The molecule has 3 heteroatoms. The van der Waals surface area contributed by atoms with E-state index in [1.54, 1.807) is 42.1 Å². The third-order valence-electron chi connectivity index (χ3n) is 1.62. The van der Waals surface area contributed by atoms with Gasteiger partial charge in [-0.1, -0.05) is 29.8 Å². The van der Waals surface area contributed by atoms with Crippen LogP contribution in [-0.4, -0.2) is 17.3 Å². The van der Waals surface area contributed by atoms with Gasteiger partial charge in [-0.25, -0.2) is 0 Å². The number of benzene rings is 1. The third kappa shape index (κ3) is 3.56. The molecule has 0 heterocycles. The topological polar surface area (TPSA) is 17.1 Å². The lowest BCUT2D eigenvalue weighted by atomic mass is 10.1. The molecule has 1 rings (SSSR count). The molecular formula is C11H11ClOS. The van der Waals surface area contributed by atoms with Crippen molar-refractivity contribution in [3.63, 3.8) is 0 Å². The summed E-state index contributed by atoms with van der Waals surface area (Å²) in [5.74, 6) is 1.39. The summed E-state index contributed by atoms with van der Waals surface area (Å²) in [5.41, 5.74) is 0.675. The van der Waals surface area contributed by atoms with Crippen LogP contribution in [0.25, 0.3) is 0 Å². The summed E-state index contributed by atoms with van der Waals surface area (Å²) >= 11 is 7.33. The Morgan fingerprint density at radius 2 is 2.36 bits per heavy atom. The first-order valence-corrected chi connectivity index (χ1v) is 5.74. The van der Waals surface area contributed by atoms with Gasteiger partial charge in [0.2, 0.25) is 0 Å². The van der Waals surface area contributed by atoms with Crippen LogP contribution in [-0.2, 0) is 0 Å². The first-order valence-electron chi connectivity index (χ1n) is 4.21. The van der Waals surface area contributed by atoms with Gasteiger partial charge >= 0.3 is 0 Å². The molecule has 74 valence electrons. The van der Waals surface area contributed by atoms with Crippen LogP contribution in [0.15, 0.2) is 36.9 Å². The molecule has 0 amide bonds. The summed E-state index contributed by atoms with van der Waals surface area (Å²) in [6.45, 7) is 3.59. The number of halogens is 1. The minimum atomic E-state index is 0.111. The first kappa shape index (κ1) is 11.3. The van der Waals surface area contributed by atoms with Crippen LogP contribution < -0.4 is 0 Å². The number of rotatable bonds is 5. The van der Waals surface area contributed by atoms with Gasteiger partial charge in [-0.15, -0.1) is 18.3 Å². The average Bonchev–Trinajstić information content (AvgIpc) is 2.18. The molecule has 0 spiro atoms. The van der Waals surface area contributed by atoms with Crippen molar-refractivity contribution in [3.05, 3.63) is 47.5 Å². The van der Waals surface area contributed by atoms with Crippen molar-refractivity contribution in [2.45, 2.75) is 0 Å². The van der Waals surface area contributed by atoms with E-state index in [0.29, 0.717) is 16.3 Å². The van der Waals surface area contributed by atoms with E-state index >= 15 is 0 Å². The summed E-state index contributed by atoms with van der Waals surface area (Å²) < 4.78 is 0. The zero-order chi connectivity index (χ0) is 10.4. The lowest BCUT2D eigenvalue weighted by Gasteiger charge is -1.99. The fourth-order valence-electron chi connectivity index (χ4n) is 0.980. The van der Waals surface area contributed by atoms with Gasteiger partial charge in [-0.3, -0.25) is 4.79 Å². The van der Waals surface area contributed by atoms with Crippen LogP contribution in [0.5, 0.6) is 0 Å². The minimum absolute atomic E-state index is 0.111. The molecule has 0 atom stereocenters. The number of thioether (sulfide) groups is 1. The second-order valence-electron chi connectivity index (χ2n) is 2.74. The normalized spacial score (nSPS) is 9.79. The van der Waals surface area contributed by atoms with Crippen LogP contribution in [0, 0.1) is 0 Å². The molecular weight excluding hydrogens is 216 g/mol. The first-order chi connectivity index (χ1) is 6.74. The van der Waals surface area contributed by atoms with Gasteiger partial charge in [-0.05, 0) is 12.1 Å². The third-order valence-corrected chi connectivity index (χ3v) is 2.79. The fourth-order valence-corrected chi connectivity index (χ4v) is 1.81. The van der Waals surface area contributed by atoms with Gasteiger partial charge in [0.05, 0.1) is 5.75 Å². The molecule has 0 saturated carbocycles. The van der Waals surface area contributed by atoms with E-state index in [2.05, 4.69) is 6.58 Å². The van der Waals surface area contributed by atoms with Crippen LogP contribution >= 0.6 is 23.4 Å². The molecule has 0 aliphatic carbocycles. The Balaban J connectivity index is 2.56. The summed E-state index contributed by atoms with van der Waals surface area (Å²) in [7, 11) is 0. The van der Waals surface area contributed by atoms with E-state index in [4.69, 9.17) is 11.6 Å². The van der Waals surface area contributed by atoms with Gasteiger partial charge in [0.1, 0.15) is 0 Å². The lowest BCUT2D eigenvalue weighted by Crippen LogP contribution is -2.02. The Morgan fingerprint density at radius 3 is 3.00 bits per heavy atom. The second kappa shape index (κ2) is 5.89. The standard InChI is InChI=1S/C11H11ClOS/c1-2-6-14-8-11(13)9-4-3-5-10(12)7-9/h2-5,7H,1,6,8H2. The van der Waals surface area contributed by atoms with Crippen molar-refractivity contribution in [2.75, 3.05) is 11.5 Å². The lowest BCUT2D eigenvalue weighted by molar-refractivity contribution is 0.102. The molecule has 1 aromatic rings. The van der Waals surface area contributed by atoms with Crippen LogP contribution in [0.1, 0.15) is 10.4 Å². The van der Waals surface area contributed by atoms with E-state index in [0.717, 1.165) is 5.75 Å². The molecule has 0 unspecified atom stereocenters. The van der Waals surface area contributed by atoms with Crippen LogP contribution in [0.2, 0.25) is 5.02 Å². The molecule has 14 heavy (non-hydrogen) atoms. The maximum absolute atomic E-state index is 11.6. The summed E-state index contributed by atoms with van der Waals surface area (Å²) in [4.78, 5) is 11.6. The Labute approximate surface area is 93.2 Å². The maximum Gasteiger partial charge on any atom is 0.172 e. The number of hydrogen-bond donors (Lipinski definition) is 0. The molecule has 0 bridgehead atoms. The molecule has 0 saturated heterocycles.